The number of ether oxygens (including phenoxy) is 3. The largest absolute Gasteiger partial charge is 0.491 e. The maximum atomic E-state index is 5.68. The van der Waals surface area contributed by atoms with Crippen LogP contribution in [0.5, 0.6) is 5.75 Å². The number of benzene rings is 1. The Morgan fingerprint density at radius 2 is 2.00 bits per heavy atom. The molecule has 1 aliphatic rings. The fraction of sp³-hybridized carbons (Fsp3) is 0.667. The molecule has 2 rings (SSSR count). The number of methoxy groups -OCH3 is 1. The molecule has 1 heterocycles. The molecular formula is C21H36N4O3. The van der Waals surface area contributed by atoms with E-state index in [0.717, 1.165) is 50.1 Å². The third-order valence-corrected chi connectivity index (χ3v) is 4.90. The Kier molecular flexibility index (Phi) is 10.1. The summed E-state index contributed by atoms with van der Waals surface area (Å²) in [4.78, 5) is 6.88. The van der Waals surface area contributed by atoms with Crippen LogP contribution in [0, 0.1) is 5.92 Å². The summed E-state index contributed by atoms with van der Waals surface area (Å²) in [6, 6.07) is 8.54. The minimum atomic E-state index is 0.458. The van der Waals surface area contributed by atoms with E-state index in [2.05, 4.69) is 40.4 Å². The van der Waals surface area contributed by atoms with Crippen molar-refractivity contribution in [1.82, 2.24) is 15.5 Å². The summed E-state index contributed by atoms with van der Waals surface area (Å²) in [6.45, 7) is 10.8. The molecule has 0 aliphatic carbocycles. The van der Waals surface area contributed by atoms with Gasteiger partial charge in [0.15, 0.2) is 5.96 Å². The van der Waals surface area contributed by atoms with Crippen LogP contribution < -0.4 is 15.4 Å². The van der Waals surface area contributed by atoms with Gasteiger partial charge >= 0.3 is 0 Å². The number of rotatable bonds is 10. The lowest BCUT2D eigenvalue weighted by Crippen LogP contribution is -2.52. The molecule has 0 amide bonds. The molecule has 0 aromatic heterocycles. The van der Waals surface area contributed by atoms with Crippen LogP contribution in [0.25, 0.3) is 0 Å². The quantitative estimate of drug-likeness (QED) is 0.359. The van der Waals surface area contributed by atoms with E-state index in [1.807, 2.05) is 18.2 Å². The maximum absolute atomic E-state index is 5.68. The van der Waals surface area contributed by atoms with E-state index in [4.69, 9.17) is 14.2 Å². The van der Waals surface area contributed by atoms with Crippen molar-refractivity contribution < 1.29 is 14.2 Å². The molecule has 1 aromatic carbocycles. The van der Waals surface area contributed by atoms with E-state index in [9.17, 15) is 0 Å². The van der Waals surface area contributed by atoms with Crippen molar-refractivity contribution in [2.75, 3.05) is 60.2 Å². The third-order valence-electron chi connectivity index (χ3n) is 4.90. The lowest BCUT2D eigenvalue weighted by atomic mass is 10.0. The summed E-state index contributed by atoms with van der Waals surface area (Å²) >= 11 is 0. The highest BCUT2D eigenvalue weighted by Crippen LogP contribution is 2.14. The molecule has 0 bridgehead atoms. The summed E-state index contributed by atoms with van der Waals surface area (Å²) in [6.07, 6.45) is 0. The molecule has 1 unspecified atom stereocenters. The second-order valence-electron chi connectivity index (χ2n) is 7.26. The molecule has 1 saturated heterocycles. The van der Waals surface area contributed by atoms with Gasteiger partial charge in [-0.25, -0.2) is 0 Å². The second kappa shape index (κ2) is 12.6. The van der Waals surface area contributed by atoms with E-state index < -0.39 is 0 Å². The van der Waals surface area contributed by atoms with Gasteiger partial charge in [-0.05, 0) is 23.6 Å². The number of morpholine rings is 1. The topological polar surface area (TPSA) is 67.4 Å². The molecule has 1 atom stereocenters. The van der Waals surface area contributed by atoms with Gasteiger partial charge in [-0.1, -0.05) is 26.0 Å². The van der Waals surface area contributed by atoms with Crippen LogP contribution in [0.4, 0.5) is 0 Å². The predicted octanol–water partition coefficient (Wildman–Crippen LogP) is 1.73. The molecular weight excluding hydrogens is 356 g/mol. The summed E-state index contributed by atoms with van der Waals surface area (Å²) in [7, 11) is 3.48. The molecule has 0 saturated carbocycles. The average molecular weight is 393 g/mol. The van der Waals surface area contributed by atoms with Crippen LogP contribution in [0.1, 0.15) is 19.4 Å². The maximum Gasteiger partial charge on any atom is 0.191 e. The summed E-state index contributed by atoms with van der Waals surface area (Å²) < 4.78 is 16.2. The average Bonchev–Trinajstić information content (AvgIpc) is 2.71. The van der Waals surface area contributed by atoms with Crippen LogP contribution in [0.3, 0.4) is 0 Å². The Labute approximate surface area is 169 Å². The Hall–Kier alpha value is -1.83. The number of aliphatic imine (C=N–C) groups is 1. The fourth-order valence-corrected chi connectivity index (χ4v) is 3.29. The zero-order chi connectivity index (χ0) is 20.2. The number of hydrogen-bond acceptors (Lipinski definition) is 5. The van der Waals surface area contributed by atoms with Gasteiger partial charge in [0.05, 0.1) is 19.8 Å². The van der Waals surface area contributed by atoms with E-state index in [0.29, 0.717) is 31.7 Å². The Balaban J connectivity index is 1.82. The zero-order valence-electron chi connectivity index (χ0n) is 17.7. The second-order valence-corrected chi connectivity index (χ2v) is 7.26. The van der Waals surface area contributed by atoms with Gasteiger partial charge in [0, 0.05) is 46.4 Å². The van der Waals surface area contributed by atoms with E-state index in [1.165, 1.54) is 0 Å². The van der Waals surface area contributed by atoms with E-state index in [-0.39, 0.29) is 0 Å². The Morgan fingerprint density at radius 3 is 2.68 bits per heavy atom. The van der Waals surface area contributed by atoms with Crippen molar-refractivity contribution in [3.63, 3.8) is 0 Å². The lowest BCUT2D eigenvalue weighted by molar-refractivity contribution is 0.00752. The van der Waals surface area contributed by atoms with Crippen LogP contribution in [-0.4, -0.2) is 77.1 Å². The van der Waals surface area contributed by atoms with Crippen molar-refractivity contribution in [3.8, 4) is 5.75 Å². The smallest absolute Gasteiger partial charge is 0.191 e. The van der Waals surface area contributed by atoms with E-state index >= 15 is 0 Å². The fourth-order valence-electron chi connectivity index (χ4n) is 3.29. The van der Waals surface area contributed by atoms with Gasteiger partial charge in [0.25, 0.3) is 0 Å². The number of guanidine groups is 1. The first-order valence-electron chi connectivity index (χ1n) is 10.1. The van der Waals surface area contributed by atoms with Crippen molar-refractivity contribution in [1.29, 1.82) is 0 Å². The number of nitrogens with zero attached hydrogens (tertiary/aromatic N) is 2. The molecule has 7 nitrogen and oxygen atoms in total. The van der Waals surface area contributed by atoms with E-state index in [1.54, 1.807) is 14.2 Å². The first-order valence-corrected chi connectivity index (χ1v) is 10.1. The van der Waals surface area contributed by atoms with Gasteiger partial charge in [-0.3, -0.25) is 9.89 Å². The molecule has 2 N–H and O–H groups in total. The van der Waals surface area contributed by atoms with Gasteiger partial charge in [0.1, 0.15) is 12.4 Å². The monoisotopic (exact) mass is 392 g/mol. The minimum Gasteiger partial charge on any atom is -0.491 e. The molecule has 1 fully saturated rings. The highest BCUT2D eigenvalue weighted by Gasteiger charge is 2.23. The highest BCUT2D eigenvalue weighted by molar-refractivity contribution is 5.79. The SMILES string of the molecule is CN=C(NCc1cccc(OCCOC)c1)NCC(C(C)C)N1CCOCC1. The minimum absolute atomic E-state index is 0.458. The van der Waals surface area contributed by atoms with Crippen LogP contribution >= 0.6 is 0 Å². The van der Waals surface area contributed by atoms with Crippen LogP contribution in [0.15, 0.2) is 29.3 Å². The first-order chi connectivity index (χ1) is 13.6. The normalized spacial score (nSPS) is 16.8. The number of nitrogens with one attached hydrogen (secondary N) is 2. The van der Waals surface area contributed by atoms with Gasteiger partial charge < -0.3 is 24.8 Å². The van der Waals surface area contributed by atoms with Crippen LogP contribution in [-0.2, 0) is 16.0 Å². The first kappa shape index (κ1) is 22.5. The van der Waals surface area contributed by atoms with Gasteiger partial charge in [-0.15, -0.1) is 0 Å². The molecule has 158 valence electrons. The standard InChI is InChI=1S/C21H36N4O3/c1-17(2)20(25-8-10-27-11-9-25)16-24-21(22-3)23-15-18-6-5-7-19(14-18)28-13-12-26-4/h5-7,14,17,20H,8-13,15-16H2,1-4H3,(H2,22,23,24). The van der Waals surface area contributed by atoms with Crippen molar-refractivity contribution in [2.24, 2.45) is 10.9 Å². The molecule has 7 heteroatoms. The van der Waals surface area contributed by atoms with Crippen LogP contribution in [0.2, 0.25) is 0 Å². The summed E-state index contributed by atoms with van der Waals surface area (Å²) in [5.41, 5.74) is 1.14. The highest BCUT2D eigenvalue weighted by atomic mass is 16.5. The van der Waals surface area contributed by atoms with Crippen molar-refractivity contribution in [2.45, 2.75) is 26.4 Å². The molecule has 1 aliphatic heterocycles. The van der Waals surface area contributed by atoms with Crippen molar-refractivity contribution >= 4 is 5.96 Å². The van der Waals surface area contributed by atoms with Gasteiger partial charge in [0.2, 0.25) is 0 Å². The predicted molar refractivity (Wildman–Crippen MR) is 113 cm³/mol. The molecule has 0 spiro atoms. The number of hydrogen-bond donors (Lipinski definition) is 2. The summed E-state index contributed by atoms with van der Waals surface area (Å²) in [5.74, 6) is 2.22. The van der Waals surface area contributed by atoms with Gasteiger partial charge in [-0.2, -0.15) is 0 Å². The third kappa shape index (κ3) is 7.66. The lowest BCUT2D eigenvalue weighted by Gasteiger charge is -2.37. The molecule has 28 heavy (non-hydrogen) atoms. The summed E-state index contributed by atoms with van der Waals surface area (Å²) in [5, 5.41) is 6.88. The molecule has 0 radical (unpaired) electrons. The van der Waals surface area contributed by atoms with Crippen molar-refractivity contribution in [3.05, 3.63) is 29.8 Å². The molecule has 1 aromatic rings. The zero-order valence-corrected chi connectivity index (χ0v) is 17.7. The Morgan fingerprint density at radius 1 is 1.21 bits per heavy atom. The Bertz CT molecular complexity index is 589.